The molecule has 0 saturated carbocycles. The lowest BCUT2D eigenvalue weighted by molar-refractivity contribution is 0.0686. The monoisotopic (exact) mass is 293 g/mol. The minimum atomic E-state index is -0.869. The first kappa shape index (κ1) is 17.5. The molecule has 1 unspecified atom stereocenters. The van der Waals surface area contributed by atoms with Gasteiger partial charge in [0.1, 0.15) is 0 Å². The van der Waals surface area contributed by atoms with Crippen molar-refractivity contribution < 1.29 is 15.0 Å². The molecule has 2 N–H and O–H groups in total. The average Bonchev–Trinajstić information content (AvgIpc) is 2.38. The van der Waals surface area contributed by atoms with Gasteiger partial charge in [-0.05, 0) is 51.2 Å². The average molecular weight is 293 g/mol. The molecule has 1 aromatic carbocycles. The molecular formula is C17H27NO3. The summed E-state index contributed by atoms with van der Waals surface area (Å²) in [5.74, 6) is 0. The molecule has 0 aromatic heterocycles. The van der Waals surface area contributed by atoms with E-state index in [1.54, 1.807) is 4.90 Å². The largest absolute Gasteiger partial charge is 0.465 e. The zero-order valence-corrected chi connectivity index (χ0v) is 13.5. The van der Waals surface area contributed by atoms with Gasteiger partial charge in [0.25, 0.3) is 0 Å². The van der Waals surface area contributed by atoms with Crippen LogP contribution in [0.4, 0.5) is 4.79 Å². The molecular weight excluding hydrogens is 266 g/mol. The number of carboxylic acid groups (broad SMARTS) is 1. The van der Waals surface area contributed by atoms with E-state index in [0.717, 1.165) is 17.5 Å². The quantitative estimate of drug-likeness (QED) is 0.846. The van der Waals surface area contributed by atoms with Crippen LogP contribution in [0.2, 0.25) is 0 Å². The first-order valence-electron chi connectivity index (χ1n) is 7.50. The van der Waals surface area contributed by atoms with Crippen LogP contribution in [0.15, 0.2) is 24.3 Å². The standard InChI is InChI=1S/C17H27NO3/c1-5-15(18(16(20)21)17(2,3)4)12-14-8-6-13(7-9-14)10-11-19/h6-9,15,19H,5,10-12H2,1-4H3,(H,20,21). The van der Waals surface area contributed by atoms with Gasteiger partial charge in [0.05, 0.1) is 0 Å². The summed E-state index contributed by atoms with van der Waals surface area (Å²) in [4.78, 5) is 13.1. The van der Waals surface area contributed by atoms with E-state index >= 15 is 0 Å². The molecule has 0 aliphatic carbocycles. The van der Waals surface area contributed by atoms with Crippen molar-refractivity contribution in [2.45, 2.75) is 58.5 Å². The highest BCUT2D eigenvalue weighted by Crippen LogP contribution is 2.22. The second-order valence-electron chi connectivity index (χ2n) is 6.38. The Kier molecular flexibility index (Phi) is 6.21. The molecule has 0 saturated heterocycles. The number of amides is 1. The van der Waals surface area contributed by atoms with E-state index in [-0.39, 0.29) is 12.6 Å². The van der Waals surface area contributed by atoms with Crippen molar-refractivity contribution >= 4 is 6.09 Å². The highest BCUT2D eigenvalue weighted by Gasteiger charge is 2.32. The Morgan fingerprint density at radius 3 is 2.10 bits per heavy atom. The number of hydrogen-bond donors (Lipinski definition) is 2. The van der Waals surface area contributed by atoms with Crippen molar-refractivity contribution in [1.29, 1.82) is 0 Å². The fraction of sp³-hybridized carbons (Fsp3) is 0.588. The molecule has 0 aliphatic heterocycles. The Labute approximate surface area is 127 Å². The maximum absolute atomic E-state index is 11.6. The Morgan fingerprint density at radius 2 is 1.71 bits per heavy atom. The Morgan fingerprint density at radius 1 is 1.19 bits per heavy atom. The van der Waals surface area contributed by atoms with E-state index in [2.05, 4.69) is 0 Å². The minimum Gasteiger partial charge on any atom is -0.465 e. The van der Waals surface area contributed by atoms with Crippen LogP contribution in [0.25, 0.3) is 0 Å². The molecule has 1 atom stereocenters. The van der Waals surface area contributed by atoms with E-state index in [1.807, 2.05) is 52.0 Å². The summed E-state index contributed by atoms with van der Waals surface area (Å²) in [6, 6.07) is 8.01. The van der Waals surface area contributed by atoms with Gasteiger partial charge < -0.3 is 15.1 Å². The minimum absolute atomic E-state index is 0.0359. The van der Waals surface area contributed by atoms with Crippen LogP contribution in [-0.2, 0) is 12.8 Å². The fourth-order valence-electron chi connectivity index (χ4n) is 2.65. The van der Waals surface area contributed by atoms with Crippen LogP contribution >= 0.6 is 0 Å². The van der Waals surface area contributed by atoms with Gasteiger partial charge in [-0.3, -0.25) is 0 Å². The third-order valence-electron chi connectivity index (χ3n) is 3.66. The van der Waals surface area contributed by atoms with Crippen LogP contribution < -0.4 is 0 Å². The number of aliphatic hydroxyl groups excluding tert-OH is 1. The number of aliphatic hydroxyl groups is 1. The Balaban J connectivity index is 2.87. The molecule has 4 heteroatoms. The van der Waals surface area contributed by atoms with Crippen LogP contribution in [0.1, 0.15) is 45.2 Å². The highest BCUT2D eigenvalue weighted by molar-refractivity contribution is 5.66. The van der Waals surface area contributed by atoms with E-state index in [9.17, 15) is 9.90 Å². The summed E-state index contributed by atoms with van der Waals surface area (Å²) in [6.07, 6.45) is 1.27. The predicted octanol–water partition coefficient (Wildman–Crippen LogP) is 3.32. The third kappa shape index (κ3) is 5.05. The van der Waals surface area contributed by atoms with Gasteiger partial charge in [0.15, 0.2) is 0 Å². The summed E-state index contributed by atoms with van der Waals surface area (Å²) < 4.78 is 0. The lowest BCUT2D eigenvalue weighted by Crippen LogP contribution is -2.51. The molecule has 0 radical (unpaired) electrons. The summed E-state index contributed by atoms with van der Waals surface area (Å²) in [6.45, 7) is 7.94. The van der Waals surface area contributed by atoms with Gasteiger partial charge >= 0.3 is 6.09 Å². The van der Waals surface area contributed by atoms with Crippen LogP contribution in [-0.4, -0.2) is 39.4 Å². The zero-order valence-electron chi connectivity index (χ0n) is 13.5. The fourth-order valence-corrected chi connectivity index (χ4v) is 2.65. The van der Waals surface area contributed by atoms with Gasteiger partial charge in [0.2, 0.25) is 0 Å². The smallest absolute Gasteiger partial charge is 0.407 e. The second kappa shape index (κ2) is 7.46. The highest BCUT2D eigenvalue weighted by atomic mass is 16.4. The summed E-state index contributed by atoms with van der Waals surface area (Å²) in [7, 11) is 0. The Bertz CT molecular complexity index is 448. The Hall–Kier alpha value is -1.55. The zero-order chi connectivity index (χ0) is 16.0. The molecule has 0 fully saturated rings. The molecule has 0 bridgehead atoms. The molecule has 0 spiro atoms. The van der Waals surface area contributed by atoms with E-state index in [1.165, 1.54) is 0 Å². The van der Waals surface area contributed by atoms with E-state index < -0.39 is 11.6 Å². The topological polar surface area (TPSA) is 60.8 Å². The number of nitrogens with zero attached hydrogens (tertiary/aromatic N) is 1. The second-order valence-corrected chi connectivity index (χ2v) is 6.38. The van der Waals surface area contributed by atoms with Crippen LogP contribution in [0, 0.1) is 0 Å². The summed E-state index contributed by atoms with van der Waals surface area (Å²) in [5.41, 5.74) is 1.81. The lowest BCUT2D eigenvalue weighted by Gasteiger charge is -2.39. The lowest BCUT2D eigenvalue weighted by atomic mass is 9.96. The normalized spacial score (nSPS) is 13.0. The number of carbonyl (C=O) groups is 1. The van der Waals surface area contributed by atoms with Gasteiger partial charge in [0, 0.05) is 18.2 Å². The third-order valence-corrected chi connectivity index (χ3v) is 3.66. The number of benzene rings is 1. The summed E-state index contributed by atoms with van der Waals surface area (Å²) in [5, 5.41) is 18.4. The number of hydrogen-bond acceptors (Lipinski definition) is 2. The summed E-state index contributed by atoms with van der Waals surface area (Å²) >= 11 is 0. The molecule has 0 aliphatic rings. The molecule has 21 heavy (non-hydrogen) atoms. The maximum atomic E-state index is 11.6. The molecule has 0 heterocycles. The van der Waals surface area contributed by atoms with Gasteiger partial charge in [-0.15, -0.1) is 0 Å². The van der Waals surface area contributed by atoms with Crippen LogP contribution in [0.5, 0.6) is 0 Å². The first-order valence-corrected chi connectivity index (χ1v) is 7.50. The van der Waals surface area contributed by atoms with Gasteiger partial charge in [-0.2, -0.15) is 0 Å². The van der Waals surface area contributed by atoms with Crippen molar-refractivity contribution in [3.05, 3.63) is 35.4 Å². The van der Waals surface area contributed by atoms with E-state index in [0.29, 0.717) is 12.8 Å². The van der Waals surface area contributed by atoms with Crippen molar-refractivity contribution in [3.63, 3.8) is 0 Å². The number of rotatable bonds is 6. The molecule has 1 rings (SSSR count). The molecule has 1 aromatic rings. The molecule has 118 valence electrons. The van der Waals surface area contributed by atoms with Gasteiger partial charge in [-0.25, -0.2) is 4.79 Å². The predicted molar refractivity (Wildman–Crippen MR) is 84.6 cm³/mol. The first-order chi connectivity index (χ1) is 9.79. The van der Waals surface area contributed by atoms with Crippen LogP contribution in [0.3, 0.4) is 0 Å². The van der Waals surface area contributed by atoms with Gasteiger partial charge in [-0.1, -0.05) is 31.2 Å². The SMILES string of the molecule is CCC(Cc1ccc(CCO)cc1)N(C(=O)O)C(C)(C)C. The van der Waals surface area contributed by atoms with Crippen molar-refractivity contribution in [2.75, 3.05) is 6.61 Å². The molecule has 1 amide bonds. The molecule has 4 nitrogen and oxygen atoms in total. The van der Waals surface area contributed by atoms with Crippen molar-refractivity contribution in [1.82, 2.24) is 4.90 Å². The van der Waals surface area contributed by atoms with Crippen molar-refractivity contribution in [2.24, 2.45) is 0 Å². The van der Waals surface area contributed by atoms with Crippen molar-refractivity contribution in [3.8, 4) is 0 Å². The van der Waals surface area contributed by atoms with E-state index in [4.69, 9.17) is 5.11 Å². The maximum Gasteiger partial charge on any atom is 0.407 e.